The number of amidine groups is 1. The second-order valence-electron chi connectivity index (χ2n) is 9.21. The van der Waals surface area contributed by atoms with Gasteiger partial charge >= 0.3 is 0 Å². The van der Waals surface area contributed by atoms with Gasteiger partial charge in [0.25, 0.3) is 11.8 Å². The number of carbonyl (C=O) groups is 2. The van der Waals surface area contributed by atoms with Gasteiger partial charge in [0.2, 0.25) is 10.0 Å². The van der Waals surface area contributed by atoms with Gasteiger partial charge in [0, 0.05) is 15.7 Å². The van der Waals surface area contributed by atoms with Crippen molar-refractivity contribution in [2.75, 3.05) is 11.9 Å². The Labute approximate surface area is 265 Å². The molecule has 0 spiro atoms. The summed E-state index contributed by atoms with van der Waals surface area (Å²) in [4.78, 5) is 27.9. The number of nitrogens with zero attached hydrogens (tertiary/aromatic N) is 3. The molecule has 2 amide bonds. The third kappa shape index (κ3) is 8.11. The van der Waals surface area contributed by atoms with E-state index in [1.165, 1.54) is 35.4 Å². The molecule has 1 aliphatic heterocycles. The zero-order valence-electron chi connectivity index (χ0n) is 22.8. The Hall–Kier alpha value is -4.50. The molecule has 1 aliphatic rings. The molecule has 4 aromatic rings. The zero-order chi connectivity index (χ0) is 31.1. The highest BCUT2D eigenvalue weighted by Crippen LogP contribution is 2.36. The SMILES string of the molecule is NS(=O)(=O)c1ccc(NC(=O)COc2ccc(Br)cc2/C=C2\S/C(=N/N=C\c3ccccc3)N(Cc3ccco3)C2=O)cc1. The number of hydrogen-bond donors (Lipinski definition) is 2. The van der Waals surface area contributed by atoms with Crippen molar-refractivity contribution in [1.29, 1.82) is 0 Å². The summed E-state index contributed by atoms with van der Waals surface area (Å²) >= 11 is 4.60. The van der Waals surface area contributed by atoms with Gasteiger partial charge in [-0.2, -0.15) is 5.10 Å². The first-order valence-electron chi connectivity index (χ1n) is 12.9. The summed E-state index contributed by atoms with van der Waals surface area (Å²) in [5.41, 5.74) is 1.78. The summed E-state index contributed by atoms with van der Waals surface area (Å²) in [7, 11) is -3.85. The number of carbonyl (C=O) groups excluding carboxylic acids is 2. The Kier molecular flexibility index (Phi) is 9.75. The van der Waals surface area contributed by atoms with E-state index in [0.717, 1.165) is 21.8 Å². The van der Waals surface area contributed by atoms with Gasteiger partial charge in [0.15, 0.2) is 11.8 Å². The fraction of sp³-hybridized carbons (Fsp3) is 0.0667. The second-order valence-corrected chi connectivity index (χ2v) is 12.7. The van der Waals surface area contributed by atoms with Gasteiger partial charge in [0.1, 0.15) is 11.5 Å². The molecule has 1 saturated heterocycles. The smallest absolute Gasteiger partial charge is 0.267 e. The first kappa shape index (κ1) is 30.9. The van der Waals surface area contributed by atoms with Gasteiger partial charge in [0.05, 0.1) is 28.8 Å². The molecule has 3 N–H and O–H groups in total. The number of thioether (sulfide) groups is 1. The largest absolute Gasteiger partial charge is 0.483 e. The molecule has 0 bridgehead atoms. The Morgan fingerprint density at radius 2 is 1.84 bits per heavy atom. The Balaban J connectivity index is 1.33. The van der Waals surface area contributed by atoms with Crippen molar-refractivity contribution in [2.24, 2.45) is 15.3 Å². The van der Waals surface area contributed by atoms with E-state index < -0.39 is 15.9 Å². The molecule has 0 saturated carbocycles. The minimum absolute atomic E-state index is 0.0717. The molecule has 44 heavy (non-hydrogen) atoms. The topological polar surface area (TPSA) is 157 Å². The number of primary sulfonamides is 1. The fourth-order valence-electron chi connectivity index (χ4n) is 3.94. The molecule has 3 aromatic carbocycles. The van der Waals surface area contributed by atoms with Crippen molar-refractivity contribution < 1.29 is 27.2 Å². The first-order chi connectivity index (χ1) is 21.2. The van der Waals surface area contributed by atoms with Gasteiger partial charge in [-0.1, -0.05) is 46.3 Å². The van der Waals surface area contributed by atoms with E-state index >= 15 is 0 Å². The van der Waals surface area contributed by atoms with Crippen molar-refractivity contribution >= 4 is 72.7 Å². The molecule has 5 rings (SSSR count). The van der Waals surface area contributed by atoms with Crippen LogP contribution in [0.1, 0.15) is 16.9 Å². The maximum Gasteiger partial charge on any atom is 0.267 e. The van der Waals surface area contributed by atoms with Crippen LogP contribution in [0.5, 0.6) is 5.75 Å². The Morgan fingerprint density at radius 1 is 1.07 bits per heavy atom. The minimum atomic E-state index is -3.85. The van der Waals surface area contributed by atoms with Gasteiger partial charge in [-0.05, 0) is 78.0 Å². The van der Waals surface area contributed by atoms with Crippen LogP contribution in [0.3, 0.4) is 0 Å². The van der Waals surface area contributed by atoms with Crippen LogP contribution in [0.15, 0.2) is 120 Å². The lowest BCUT2D eigenvalue weighted by molar-refractivity contribution is -0.122. The highest BCUT2D eigenvalue weighted by atomic mass is 79.9. The molecule has 1 fully saturated rings. The summed E-state index contributed by atoms with van der Waals surface area (Å²) in [6, 6.07) is 23.6. The lowest BCUT2D eigenvalue weighted by Gasteiger charge is -2.13. The van der Waals surface area contributed by atoms with Gasteiger partial charge in [-0.25, -0.2) is 13.6 Å². The number of rotatable bonds is 10. The number of sulfonamides is 1. The summed E-state index contributed by atoms with van der Waals surface area (Å²) in [6.45, 7) is -0.183. The monoisotopic (exact) mass is 693 g/mol. The van der Waals surface area contributed by atoms with Crippen LogP contribution in [0.2, 0.25) is 0 Å². The number of amides is 2. The number of halogens is 1. The normalized spacial score (nSPS) is 15.4. The second kappa shape index (κ2) is 13.9. The van der Waals surface area contributed by atoms with Crippen LogP contribution >= 0.6 is 27.7 Å². The van der Waals surface area contributed by atoms with Crippen LogP contribution in [-0.2, 0) is 26.2 Å². The number of benzene rings is 3. The number of nitrogens with two attached hydrogens (primary N) is 1. The standard InChI is InChI=1S/C30H24BrN5O6S2/c31-22-8-13-26(42-19-28(37)34-23-9-11-25(12-10-23)44(32,39)40)21(15-22)16-27-29(38)36(18-24-7-4-14-41-24)30(43-27)35-33-17-20-5-2-1-3-6-20/h1-17H,18-19H2,(H,34,37)(H2,32,39,40)/b27-16-,33-17-,35-30+. The third-order valence-electron chi connectivity index (χ3n) is 6.02. The van der Waals surface area contributed by atoms with Crippen molar-refractivity contribution in [3.8, 4) is 5.75 Å². The summed E-state index contributed by atoms with van der Waals surface area (Å²) in [5, 5.41) is 16.6. The van der Waals surface area contributed by atoms with E-state index in [2.05, 4.69) is 31.4 Å². The molecule has 0 radical (unpaired) electrons. The highest BCUT2D eigenvalue weighted by Gasteiger charge is 2.34. The van der Waals surface area contributed by atoms with Gasteiger partial charge in [-0.3, -0.25) is 14.5 Å². The molecule has 11 nitrogen and oxygen atoms in total. The third-order valence-corrected chi connectivity index (χ3v) is 8.44. The lowest BCUT2D eigenvalue weighted by Crippen LogP contribution is -2.28. The van der Waals surface area contributed by atoms with Crippen LogP contribution in [0.25, 0.3) is 6.08 Å². The van der Waals surface area contributed by atoms with E-state index in [0.29, 0.717) is 32.8 Å². The molecule has 0 unspecified atom stereocenters. The quantitative estimate of drug-likeness (QED) is 0.131. The average molecular weight is 695 g/mol. The Morgan fingerprint density at radius 3 is 2.55 bits per heavy atom. The maximum absolute atomic E-state index is 13.5. The molecule has 224 valence electrons. The van der Waals surface area contributed by atoms with E-state index in [4.69, 9.17) is 14.3 Å². The highest BCUT2D eigenvalue weighted by molar-refractivity contribution is 9.10. The average Bonchev–Trinajstić information content (AvgIpc) is 3.61. The fourth-order valence-corrected chi connectivity index (χ4v) is 5.76. The van der Waals surface area contributed by atoms with Crippen LogP contribution < -0.4 is 15.2 Å². The molecule has 2 heterocycles. The summed E-state index contributed by atoms with van der Waals surface area (Å²) in [5.74, 6) is 0.166. The molecule has 0 atom stereocenters. The zero-order valence-corrected chi connectivity index (χ0v) is 26.0. The van der Waals surface area contributed by atoms with Crippen LogP contribution in [0.4, 0.5) is 5.69 Å². The van der Waals surface area contributed by atoms with Crippen molar-refractivity contribution in [2.45, 2.75) is 11.4 Å². The minimum Gasteiger partial charge on any atom is -0.483 e. The molecule has 0 aliphatic carbocycles. The number of furan rings is 1. The van der Waals surface area contributed by atoms with E-state index in [-0.39, 0.29) is 24.0 Å². The predicted molar refractivity (Wildman–Crippen MR) is 172 cm³/mol. The van der Waals surface area contributed by atoms with Crippen LogP contribution in [0, 0.1) is 0 Å². The first-order valence-corrected chi connectivity index (χ1v) is 16.1. The number of anilines is 1. The van der Waals surface area contributed by atoms with Crippen molar-refractivity contribution in [3.05, 3.63) is 117 Å². The summed E-state index contributed by atoms with van der Waals surface area (Å²) < 4.78 is 34.9. The van der Waals surface area contributed by atoms with E-state index in [1.807, 2.05) is 30.3 Å². The molecular formula is C30H24BrN5O6S2. The summed E-state index contributed by atoms with van der Waals surface area (Å²) in [6.07, 6.45) is 4.80. The molecule has 14 heteroatoms. The van der Waals surface area contributed by atoms with Crippen LogP contribution in [-0.4, -0.2) is 43.1 Å². The predicted octanol–water partition coefficient (Wildman–Crippen LogP) is 5.21. The van der Waals surface area contributed by atoms with Crippen molar-refractivity contribution in [3.63, 3.8) is 0 Å². The molecule has 1 aromatic heterocycles. The molecular weight excluding hydrogens is 670 g/mol. The number of nitrogens with one attached hydrogen (secondary N) is 1. The number of ether oxygens (including phenoxy) is 1. The number of hydrogen-bond acceptors (Lipinski definition) is 9. The Bertz CT molecular complexity index is 1860. The van der Waals surface area contributed by atoms with Gasteiger partial charge < -0.3 is 14.5 Å². The van der Waals surface area contributed by atoms with E-state index in [9.17, 15) is 18.0 Å². The lowest BCUT2D eigenvalue weighted by atomic mass is 10.2. The van der Waals surface area contributed by atoms with Crippen molar-refractivity contribution in [1.82, 2.24) is 4.90 Å². The van der Waals surface area contributed by atoms with E-state index in [1.54, 1.807) is 42.6 Å². The maximum atomic E-state index is 13.5. The van der Waals surface area contributed by atoms with Gasteiger partial charge in [-0.15, -0.1) is 5.10 Å².